The second-order valence-electron chi connectivity index (χ2n) is 5.20. The first-order valence-electron chi connectivity index (χ1n) is 7.11. The number of aryl methyl sites for hydroxylation is 1. The first-order valence-corrected chi connectivity index (χ1v) is 7.11. The van der Waals surface area contributed by atoms with Crippen LogP contribution in [0, 0.1) is 6.92 Å². The molecule has 1 aliphatic carbocycles. The van der Waals surface area contributed by atoms with E-state index in [1.807, 2.05) is 25.1 Å². The summed E-state index contributed by atoms with van der Waals surface area (Å²) in [5.74, 6) is 0.587. The summed E-state index contributed by atoms with van der Waals surface area (Å²) in [7, 11) is 0. The lowest BCUT2D eigenvalue weighted by molar-refractivity contribution is 0.192. The highest BCUT2D eigenvalue weighted by atomic mass is 16.6. The van der Waals surface area contributed by atoms with Gasteiger partial charge < -0.3 is 15.8 Å². The Bertz CT molecular complexity index is 485. The molecule has 2 atom stereocenters. The molecule has 0 saturated heterocycles. The van der Waals surface area contributed by atoms with Gasteiger partial charge in [-0.2, -0.15) is 0 Å². The fourth-order valence-corrected chi connectivity index (χ4v) is 2.35. The van der Waals surface area contributed by atoms with Crippen molar-refractivity contribution in [1.29, 1.82) is 0 Å². The number of para-hydroxylation sites is 1. The van der Waals surface area contributed by atoms with E-state index < -0.39 is 6.09 Å². The highest BCUT2D eigenvalue weighted by Crippen LogP contribution is 2.17. The van der Waals surface area contributed by atoms with Crippen molar-refractivity contribution < 1.29 is 9.53 Å². The van der Waals surface area contributed by atoms with Crippen LogP contribution < -0.4 is 15.8 Å². The van der Waals surface area contributed by atoms with Gasteiger partial charge in [-0.25, -0.2) is 4.79 Å². The van der Waals surface area contributed by atoms with Crippen molar-refractivity contribution in [3.05, 3.63) is 42.0 Å². The number of ether oxygens (including phenoxy) is 1. The largest absolute Gasteiger partial charge is 0.412 e. The molecule has 1 aromatic carbocycles. The van der Waals surface area contributed by atoms with Crippen LogP contribution >= 0.6 is 0 Å². The van der Waals surface area contributed by atoms with Crippen LogP contribution in [0.2, 0.25) is 0 Å². The molecule has 0 spiro atoms. The van der Waals surface area contributed by atoms with Gasteiger partial charge >= 0.3 is 6.09 Å². The molecule has 3 N–H and O–H groups in total. The minimum atomic E-state index is -0.427. The lowest BCUT2D eigenvalue weighted by Gasteiger charge is -2.25. The molecule has 20 heavy (non-hydrogen) atoms. The number of hydrogen-bond donors (Lipinski definition) is 2. The van der Waals surface area contributed by atoms with Crippen LogP contribution in [0.4, 0.5) is 4.79 Å². The van der Waals surface area contributed by atoms with Crippen molar-refractivity contribution in [2.45, 2.75) is 44.7 Å². The molecule has 1 aromatic rings. The lowest BCUT2D eigenvalue weighted by Crippen LogP contribution is -2.48. The highest BCUT2D eigenvalue weighted by molar-refractivity contribution is 5.71. The second kappa shape index (κ2) is 7.10. The Labute approximate surface area is 120 Å². The van der Waals surface area contributed by atoms with Crippen molar-refractivity contribution in [3.8, 4) is 5.75 Å². The SMILES string of the molecule is Cc1ccccc1OC(=O)NC1CCC=CCCC1N. The number of nitrogens with two attached hydrogens (primary N) is 1. The molecular formula is C16H22N2O2. The molecule has 0 aromatic heterocycles. The predicted molar refractivity (Wildman–Crippen MR) is 79.7 cm³/mol. The Kier molecular flexibility index (Phi) is 5.18. The van der Waals surface area contributed by atoms with Crippen molar-refractivity contribution in [1.82, 2.24) is 5.32 Å². The topological polar surface area (TPSA) is 64.3 Å². The minimum Gasteiger partial charge on any atom is -0.410 e. The van der Waals surface area contributed by atoms with Crippen molar-refractivity contribution in [2.24, 2.45) is 5.73 Å². The Balaban J connectivity index is 1.93. The third-order valence-electron chi connectivity index (χ3n) is 3.59. The average molecular weight is 274 g/mol. The zero-order valence-corrected chi connectivity index (χ0v) is 11.8. The summed E-state index contributed by atoms with van der Waals surface area (Å²) in [5, 5.41) is 2.89. The van der Waals surface area contributed by atoms with E-state index in [2.05, 4.69) is 17.5 Å². The van der Waals surface area contributed by atoms with Crippen molar-refractivity contribution in [3.63, 3.8) is 0 Å². The smallest absolute Gasteiger partial charge is 0.410 e. The van der Waals surface area contributed by atoms with Crippen molar-refractivity contribution >= 4 is 6.09 Å². The van der Waals surface area contributed by atoms with Gasteiger partial charge in [-0.15, -0.1) is 0 Å². The van der Waals surface area contributed by atoms with Crippen molar-refractivity contribution in [2.75, 3.05) is 0 Å². The summed E-state index contributed by atoms with van der Waals surface area (Å²) < 4.78 is 5.34. The van der Waals surface area contributed by atoms with Gasteiger partial charge in [-0.1, -0.05) is 30.4 Å². The van der Waals surface area contributed by atoms with E-state index in [1.165, 1.54) is 0 Å². The number of allylic oxidation sites excluding steroid dienone is 2. The monoisotopic (exact) mass is 274 g/mol. The molecule has 0 saturated carbocycles. The maximum atomic E-state index is 12.0. The zero-order valence-electron chi connectivity index (χ0n) is 11.8. The number of nitrogens with one attached hydrogen (secondary N) is 1. The molecule has 2 rings (SSSR count). The van der Waals surface area contributed by atoms with Gasteiger partial charge in [0.1, 0.15) is 5.75 Å². The van der Waals surface area contributed by atoms with Crippen LogP contribution in [0.5, 0.6) is 5.75 Å². The van der Waals surface area contributed by atoms with E-state index in [-0.39, 0.29) is 12.1 Å². The second-order valence-corrected chi connectivity index (χ2v) is 5.20. The molecule has 1 aliphatic rings. The normalized spacial score (nSPS) is 22.7. The molecule has 1 amide bonds. The van der Waals surface area contributed by atoms with Gasteiger partial charge in [0.05, 0.1) is 0 Å². The molecule has 4 heteroatoms. The van der Waals surface area contributed by atoms with E-state index >= 15 is 0 Å². The summed E-state index contributed by atoms with van der Waals surface area (Å²) in [5.41, 5.74) is 7.05. The fourth-order valence-electron chi connectivity index (χ4n) is 2.35. The molecule has 2 unspecified atom stereocenters. The maximum absolute atomic E-state index is 12.0. The molecule has 0 aliphatic heterocycles. The van der Waals surface area contributed by atoms with Crippen LogP contribution in [0.1, 0.15) is 31.2 Å². The van der Waals surface area contributed by atoms with E-state index in [0.717, 1.165) is 31.2 Å². The fraction of sp³-hybridized carbons (Fsp3) is 0.438. The van der Waals surface area contributed by atoms with Gasteiger partial charge in [-0.05, 0) is 44.2 Å². The maximum Gasteiger partial charge on any atom is 0.412 e. The molecule has 4 nitrogen and oxygen atoms in total. The van der Waals surface area contributed by atoms with Gasteiger partial charge in [-0.3, -0.25) is 0 Å². The standard InChI is InChI=1S/C16H22N2O2/c1-12-8-6-7-11-15(12)20-16(19)18-14-10-5-3-2-4-9-13(14)17/h2-3,6-8,11,13-14H,4-5,9-10,17H2,1H3,(H,18,19). The zero-order chi connectivity index (χ0) is 14.4. The average Bonchev–Trinajstić information content (AvgIpc) is 2.41. The van der Waals surface area contributed by atoms with Crippen LogP contribution in [0.25, 0.3) is 0 Å². The Morgan fingerprint density at radius 3 is 2.70 bits per heavy atom. The summed E-state index contributed by atoms with van der Waals surface area (Å²) in [4.78, 5) is 12.0. The number of carbonyl (C=O) groups is 1. The summed E-state index contributed by atoms with van der Waals surface area (Å²) in [6.45, 7) is 1.91. The van der Waals surface area contributed by atoms with E-state index in [1.54, 1.807) is 6.07 Å². The lowest BCUT2D eigenvalue weighted by atomic mass is 9.96. The number of carbonyl (C=O) groups excluding carboxylic acids is 1. The molecule has 0 fully saturated rings. The Morgan fingerprint density at radius 1 is 1.25 bits per heavy atom. The molecule has 0 heterocycles. The minimum absolute atomic E-state index is 0.0237. The Morgan fingerprint density at radius 2 is 1.95 bits per heavy atom. The van der Waals surface area contributed by atoms with Gasteiger partial charge in [0, 0.05) is 12.1 Å². The van der Waals surface area contributed by atoms with Crippen LogP contribution in [0.15, 0.2) is 36.4 Å². The number of rotatable bonds is 2. The van der Waals surface area contributed by atoms with E-state index in [4.69, 9.17) is 10.5 Å². The van der Waals surface area contributed by atoms with Gasteiger partial charge in [0.15, 0.2) is 0 Å². The number of amides is 1. The van der Waals surface area contributed by atoms with Crippen LogP contribution in [-0.2, 0) is 0 Å². The first kappa shape index (κ1) is 14.6. The van der Waals surface area contributed by atoms with E-state index in [9.17, 15) is 4.79 Å². The highest BCUT2D eigenvalue weighted by Gasteiger charge is 2.21. The first-order chi connectivity index (χ1) is 9.66. The van der Waals surface area contributed by atoms with E-state index in [0.29, 0.717) is 5.75 Å². The third kappa shape index (κ3) is 4.10. The summed E-state index contributed by atoms with van der Waals surface area (Å²) in [6, 6.07) is 7.41. The quantitative estimate of drug-likeness (QED) is 0.815. The number of hydrogen-bond acceptors (Lipinski definition) is 3. The van der Waals surface area contributed by atoms with Gasteiger partial charge in [0.25, 0.3) is 0 Å². The molecular weight excluding hydrogens is 252 g/mol. The van der Waals surface area contributed by atoms with Gasteiger partial charge in [0.2, 0.25) is 0 Å². The van der Waals surface area contributed by atoms with Crippen LogP contribution in [-0.4, -0.2) is 18.2 Å². The Hall–Kier alpha value is -1.81. The summed E-state index contributed by atoms with van der Waals surface area (Å²) >= 11 is 0. The third-order valence-corrected chi connectivity index (χ3v) is 3.59. The molecule has 108 valence electrons. The molecule has 0 bridgehead atoms. The molecule has 0 radical (unpaired) electrons. The predicted octanol–water partition coefficient (Wildman–Crippen LogP) is 2.91. The summed E-state index contributed by atoms with van der Waals surface area (Å²) in [6.07, 6.45) is 7.50. The number of benzene rings is 1. The van der Waals surface area contributed by atoms with Crippen LogP contribution in [0.3, 0.4) is 0 Å².